The number of hydrogen-bond donors (Lipinski definition) is 2. The van der Waals surface area contributed by atoms with Gasteiger partial charge in [-0.05, 0) is 47.6 Å². The summed E-state index contributed by atoms with van der Waals surface area (Å²) in [6.07, 6.45) is 4.69. The third-order valence-corrected chi connectivity index (χ3v) is 6.25. The maximum Gasteiger partial charge on any atom is 0.220 e. The Morgan fingerprint density at radius 3 is 2.85 bits per heavy atom. The van der Waals surface area contributed by atoms with E-state index in [4.69, 9.17) is 0 Å². The maximum absolute atomic E-state index is 12.2. The molecule has 0 radical (unpaired) electrons. The zero-order valence-corrected chi connectivity index (χ0v) is 15.4. The van der Waals surface area contributed by atoms with Crippen LogP contribution in [0.15, 0.2) is 60.8 Å². The molecule has 1 amide bonds. The molecule has 27 heavy (non-hydrogen) atoms. The first-order chi connectivity index (χ1) is 13.2. The van der Waals surface area contributed by atoms with Gasteiger partial charge in [-0.3, -0.25) is 9.69 Å². The Balaban J connectivity index is 1.43. The van der Waals surface area contributed by atoms with E-state index in [1.165, 1.54) is 22.0 Å². The van der Waals surface area contributed by atoms with E-state index in [1.807, 2.05) is 6.20 Å². The molecule has 3 aromatic rings. The number of amides is 1. The van der Waals surface area contributed by atoms with Crippen molar-refractivity contribution in [2.75, 3.05) is 13.1 Å². The molecule has 0 saturated carbocycles. The van der Waals surface area contributed by atoms with Gasteiger partial charge in [0.05, 0.1) is 5.54 Å². The summed E-state index contributed by atoms with van der Waals surface area (Å²) in [7, 11) is 0. The number of nitrogens with one attached hydrogen (secondary N) is 2. The molecule has 138 valence electrons. The maximum atomic E-state index is 12.2. The van der Waals surface area contributed by atoms with Crippen LogP contribution in [0.4, 0.5) is 0 Å². The van der Waals surface area contributed by atoms with Crippen molar-refractivity contribution in [1.82, 2.24) is 15.2 Å². The third kappa shape index (κ3) is 3.04. The Morgan fingerprint density at radius 1 is 1.11 bits per heavy atom. The molecule has 1 spiro atoms. The molecule has 4 nitrogen and oxygen atoms in total. The van der Waals surface area contributed by atoms with E-state index >= 15 is 0 Å². The van der Waals surface area contributed by atoms with Gasteiger partial charge in [0.15, 0.2) is 0 Å². The van der Waals surface area contributed by atoms with Crippen LogP contribution in [0.2, 0.25) is 0 Å². The molecule has 2 N–H and O–H groups in total. The molecular formula is C23H25N3O. The number of benzene rings is 2. The Hall–Kier alpha value is -2.59. The van der Waals surface area contributed by atoms with E-state index in [2.05, 4.69) is 69.8 Å². The number of nitrogens with zero attached hydrogens (tertiary/aromatic N) is 1. The summed E-state index contributed by atoms with van der Waals surface area (Å²) < 4.78 is 0. The van der Waals surface area contributed by atoms with E-state index in [0.29, 0.717) is 12.3 Å². The van der Waals surface area contributed by atoms with Crippen molar-refractivity contribution >= 4 is 16.8 Å². The zero-order chi connectivity index (χ0) is 18.3. The highest BCUT2D eigenvalue weighted by molar-refractivity contribution is 5.80. The van der Waals surface area contributed by atoms with E-state index in [-0.39, 0.29) is 11.4 Å². The number of likely N-dealkylation sites (tertiary alicyclic amines) is 1. The minimum atomic E-state index is -0.130. The Kier molecular flexibility index (Phi) is 4.01. The van der Waals surface area contributed by atoms with Crippen molar-refractivity contribution in [3.8, 4) is 0 Å². The van der Waals surface area contributed by atoms with Crippen LogP contribution in [0.3, 0.4) is 0 Å². The molecule has 0 bridgehead atoms. The lowest BCUT2D eigenvalue weighted by molar-refractivity contribution is -0.125. The van der Waals surface area contributed by atoms with Crippen molar-refractivity contribution in [3.63, 3.8) is 0 Å². The smallest absolute Gasteiger partial charge is 0.220 e. The molecule has 5 rings (SSSR count). The molecular weight excluding hydrogens is 334 g/mol. The minimum Gasteiger partial charge on any atom is -0.361 e. The molecule has 0 unspecified atom stereocenters. The van der Waals surface area contributed by atoms with Crippen molar-refractivity contribution in [2.24, 2.45) is 0 Å². The van der Waals surface area contributed by atoms with Crippen LogP contribution in [0.25, 0.3) is 10.9 Å². The summed E-state index contributed by atoms with van der Waals surface area (Å²) in [5.74, 6) is 0.553. The predicted molar refractivity (Wildman–Crippen MR) is 107 cm³/mol. The zero-order valence-electron chi connectivity index (χ0n) is 15.4. The topological polar surface area (TPSA) is 48.1 Å². The highest BCUT2D eigenvalue weighted by Crippen LogP contribution is 2.41. The van der Waals surface area contributed by atoms with Crippen LogP contribution in [-0.2, 0) is 11.3 Å². The van der Waals surface area contributed by atoms with Crippen LogP contribution in [-0.4, -0.2) is 34.4 Å². The van der Waals surface area contributed by atoms with Gasteiger partial charge >= 0.3 is 0 Å². The first kappa shape index (κ1) is 16.6. The minimum absolute atomic E-state index is 0.130. The van der Waals surface area contributed by atoms with Gasteiger partial charge < -0.3 is 10.3 Å². The van der Waals surface area contributed by atoms with Crippen LogP contribution < -0.4 is 5.32 Å². The van der Waals surface area contributed by atoms with Gasteiger partial charge in [-0.1, -0.05) is 36.4 Å². The fourth-order valence-electron chi connectivity index (χ4n) is 5.04. The number of fused-ring (bicyclic) bond motifs is 1. The van der Waals surface area contributed by atoms with Crippen LogP contribution in [0, 0.1) is 0 Å². The van der Waals surface area contributed by atoms with Gasteiger partial charge in [-0.2, -0.15) is 0 Å². The summed E-state index contributed by atoms with van der Waals surface area (Å²) >= 11 is 0. The first-order valence-electron chi connectivity index (χ1n) is 9.86. The van der Waals surface area contributed by atoms with Crippen LogP contribution >= 0.6 is 0 Å². The number of H-pyrrole nitrogens is 1. The Bertz CT molecular complexity index is 964. The molecule has 0 aliphatic carbocycles. The second-order valence-corrected chi connectivity index (χ2v) is 8.09. The van der Waals surface area contributed by atoms with Gasteiger partial charge in [0.1, 0.15) is 0 Å². The number of aromatic amines is 1. The Morgan fingerprint density at radius 2 is 2.00 bits per heavy atom. The summed E-state index contributed by atoms with van der Waals surface area (Å²) in [4.78, 5) is 18.0. The van der Waals surface area contributed by atoms with Gasteiger partial charge in [0.25, 0.3) is 0 Å². The van der Waals surface area contributed by atoms with Gasteiger partial charge in [-0.25, -0.2) is 0 Å². The number of carbonyl (C=O) groups excluding carboxylic acids is 1. The summed E-state index contributed by atoms with van der Waals surface area (Å²) in [5.41, 5.74) is 3.71. The predicted octanol–water partition coefficient (Wildman–Crippen LogP) is 3.81. The fraction of sp³-hybridized carbons (Fsp3) is 0.348. The SMILES string of the molecule is O=C1CCC[C@]2(CN(Cc3ccc4[nH]ccc4c3)C[C@H]2c2ccccc2)N1. The highest BCUT2D eigenvalue weighted by atomic mass is 16.1. The second-order valence-electron chi connectivity index (χ2n) is 8.09. The summed E-state index contributed by atoms with van der Waals surface area (Å²) in [5, 5.41) is 4.65. The normalized spacial score (nSPS) is 25.9. The van der Waals surface area contributed by atoms with E-state index in [0.717, 1.165) is 32.5 Å². The standard InChI is InChI=1S/C23H25N3O/c27-22-7-4-11-23(25-22)16-26(15-20(23)18-5-2-1-3-6-18)14-17-8-9-21-19(13-17)10-12-24-21/h1-3,5-6,8-10,12-13,20,24H,4,7,11,14-16H2,(H,25,27)/t20-,23+/m0/s1. The molecule has 1 aromatic heterocycles. The number of hydrogen-bond acceptors (Lipinski definition) is 2. The number of carbonyl (C=O) groups is 1. The number of piperidine rings is 1. The number of rotatable bonds is 3. The molecule has 4 heteroatoms. The van der Waals surface area contributed by atoms with Gasteiger partial charge in [0.2, 0.25) is 5.91 Å². The molecule has 2 aromatic carbocycles. The lowest BCUT2D eigenvalue weighted by Crippen LogP contribution is -2.56. The number of aromatic nitrogens is 1. The molecule has 3 heterocycles. The second kappa shape index (κ2) is 6.54. The summed E-state index contributed by atoms with van der Waals surface area (Å²) in [6, 6.07) is 19.5. The Labute approximate surface area is 159 Å². The fourth-order valence-corrected chi connectivity index (χ4v) is 5.04. The molecule has 2 saturated heterocycles. The van der Waals surface area contributed by atoms with E-state index < -0.39 is 0 Å². The van der Waals surface area contributed by atoms with E-state index in [1.54, 1.807) is 0 Å². The van der Waals surface area contributed by atoms with Crippen LogP contribution in [0.5, 0.6) is 0 Å². The third-order valence-electron chi connectivity index (χ3n) is 6.25. The first-order valence-corrected chi connectivity index (χ1v) is 9.86. The lowest BCUT2D eigenvalue weighted by atomic mass is 9.76. The van der Waals surface area contributed by atoms with Crippen molar-refractivity contribution in [3.05, 3.63) is 71.9 Å². The largest absolute Gasteiger partial charge is 0.361 e. The van der Waals surface area contributed by atoms with Crippen LogP contribution in [0.1, 0.15) is 36.3 Å². The van der Waals surface area contributed by atoms with Gasteiger partial charge in [-0.15, -0.1) is 0 Å². The van der Waals surface area contributed by atoms with Crippen molar-refractivity contribution < 1.29 is 4.79 Å². The molecule has 2 aliphatic heterocycles. The molecule has 2 fully saturated rings. The molecule has 2 aliphatic rings. The monoisotopic (exact) mass is 359 g/mol. The van der Waals surface area contributed by atoms with Gasteiger partial charge in [0, 0.05) is 43.7 Å². The highest BCUT2D eigenvalue weighted by Gasteiger charge is 2.49. The summed E-state index contributed by atoms with van der Waals surface area (Å²) in [6.45, 7) is 2.82. The quantitative estimate of drug-likeness (QED) is 0.747. The van der Waals surface area contributed by atoms with Crippen molar-refractivity contribution in [2.45, 2.75) is 37.3 Å². The average molecular weight is 359 g/mol. The lowest BCUT2D eigenvalue weighted by Gasteiger charge is -2.39. The molecule has 2 atom stereocenters. The van der Waals surface area contributed by atoms with E-state index in [9.17, 15) is 4.79 Å². The average Bonchev–Trinajstić information content (AvgIpc) is 3.27. The van der Waals surface area contributed by atoms with Crippen molar-refractivity contribution in [1.29, 1.82) is 0 Å².